The van der Waals surface area contributed by atoms with E-state index in [-0.39, 0.29) is 0 Å². The van der Waals surface area contributed by atoms with Gasteiger partial charge >= 0.3 is 0 Å². The smallest absolute Gasteiger partial charge is 0.0210 e. The summed E-state index contributed by atoms with van der Waals surface area (Å²) in [5.74, 6) is 0.507. The SMILES string of the molecule is BrCC(Cc1ccccc1)c1ccccc1Br. The molecule has 0 radical (unpaired) electrons. The van der Waals surface area contributed by atoms with Crippen molar-refractivity contribution in [1.82, 2.24) is 0 Å². The molecule has 1 atom stereocenters. The van der Waals surface area contributed by atoms with Crippen molar-refractivity contribution in [2.24, 2.45) is 0 Å². The van der Waals surface area contributed by atoms with E-state index in [9.17, 15) is 0 Å². The summed E-state index contributed by atoms with van der Waals surface area (Å²) in [5.41, 5.74) is 2.75. The third-order valence-electron chi connectivity index (χ3n) is 2.86. The van der Waals surface area contributed by atoms with E-state index in [0.29, 0.717) is 5.92 Å². The Balaban J connectivity index is 2.21. The first-order chi connectivity index (χ1) is 8.31. The molecule has 0 fully saturated rings. The van der Waals surface area contributed by atoms with E-state index in [1.54, 1.807) is 0 Å². The average Bonchev–Trinajstić information content (AvgIpc) is 2.38. The molecule has 1 unspecified atom stereocenters. The van der Waals surface area contributed by atoms with Gasteiger partial charge in [-0.05, 0) is 29.5 Å². The molecule has 2 aromatic carbocycles. The molecule has 88 valence electrons. The highest BCUT2D eigenvalue weighted by molar-refractivity contribution is 9.10. The van der Waals surface area contributed by atoms with E-state index >= 15 is 0 Å². The molecule has 0 saturated carbocycles. The van der Waals surface area contributed by atoms with Crippen LogP contribution in [0, 0.1) is 0 Å². The quantitative estimate of drug-likeness (QED) is 0.665. The maximum absolute atomic E-state index is 3.63. The molecule has 0 bridgehead atoms. The molecule has 2 aromatic rings. The summed E-state index contributed by atoms with van der Waals surface area (Å²) in [4.78, 5) is 0. The fourth-order valence-corrected chi connectivity index (χ4v) is 3.14. The highest BCUT2D eigenvalue weighted by Gasteiger charge is 2.13. The zero-order chi connectivity index (χ0) is 12.1. The van der Waals surface area contributed by atoms with Crippen molar-refractivity contribution in [3.05, 3.63) is 70.2 Å². The minimum atomic E-state index is 0.507. The van der Waals surface area contributed by atoms with Gasteiger partial charge in [-0.15, -0.1) is 0 Å². The van der Waals surface area contributed by atoms with Crippen LogP contribution >= 0.6 is 31.9 Å². The van der Waals surface area contributed by atoms with Gasteiger partial charge in [0.1, 0.15) is 0 Å². The van der Waals surface area contributed by atoms with Crippen LogP contribution in [0.4, 0.5) is 0 Å². The second-order valence-electron chi connectivity index (χ2n) is 4.06. The predicted molar refractivity (Wildman–Crippen MR) is 80.8 cm³/mol. The van der Waals surface area contributed by atoms with E-state index in [4.69, 9.17) is 0 Å². The number of halogens is 2. The Hall–Kier alpha value is -0.600. The maximum atomic E-state index is 3.63. The number of alkyl halides is 1. The largest absolute Gasteiger partial charge is 0.0921 e. The van der Waals surface area contributed by atoms with Crippen LogP contribution in [0.3, 0.4) is 0 Å². The van der Waals surface area contributed by atoms with Gasteiger partial charge < -0.3 is 0 Å². The van der Waals surface area contributed by atoms with Crippen molar-refractivity contribution in [2.45, 2.75) is 12.3 Å². The second-order valence-corrected chi connectivity index (χ2v) is 5.56. The minimum Gasteiger partial charge on any atom is -0.0921 e. The number of rotatable bonds is 4. The molecule has 0 amide bonds. The lowest BCUT2D eigenvalue weighted by atomic mass is 9.94. The summed E-state index contributed by atoms with van der Waals surface area (Å²) >= 11 is 7.25. The van der Waals surface area contributed by atoms with Gasteiger partial charge in [0.2, 0.25) is 0 Å². The summed E-state index contributed by atoms with van der Waals surface area (Å²) < 4.78 is 1.19. The Kier molecular flexibility index (Phi) is 4.81. The lowest BCUT2D eigenvalue weighted by Crippen LogP contribution is -2.05. The van der Waals surface area contributed by atoms with E-state index < -0.39 is 0 Å². The first kappa shape index (κ1) is 12.8. The molecule has 0 aliphatic rings. The summed E-state index contributed by atoms with van der Waals surface area (Å²) in [6.07, 6.45) is 1.06. The van der Waals surface area contributed by atoms with Crippen molar-refractivity contribution in [3.63, 3.8) is 0 Å². The molecule has 0 aromatic heterocycles. The topological polar surface area (TPSA) is 0 Å². The van der Waals surface area contributed by atoms with Crippen LogP contribution in [0.5, 0.6) is 0 Å². The minimum absolute atomic E-state index is 0.507. The molecule has 0 saturated heterocycles. The second kappa shape index (κ2) is 6.36. The fraction of sp³-hybridized carbons (Fsp3) is 0.200. The normalized spacial score (nSPS) is 12.4. The van der Waals surface area contributed by atoms with Gasteiger partial charge in [0, 0.05) is 9.80 Å². The molecule has 0 spiro atoms. The lowest BCUT2D eigenvalue weighted by molar-refractivity contribution is 0.771. The molecule has 2 heteroatoms. The first-order valence-electron chi connectivity index (χ1n) is 5.65. The molecule has 0 aliphatic heterocycles. The molecular formula is C15H14Br2. The zero-order valence-corrected chi connectivity index (χ0v) is 12.6. The lowest BCUT2D eigenvalue weighted by Gasteiger charge is -2.16. The van der Waals surface area contributed by atoms with Crippen molar-refractivity contribution in [2.75, 3.05) is 5.33 Å². The monoisotopic (exact) mass is 352 g/mol. The zero-order valence-electron chi connectivity index (χ0n) is 9.44. The maximum Gasteiger partial charge on any atom is 0.0210 e. The summed E-state index contributed by atoms with van der Waals surface area (Å²) in [6.45, 7) is 0. The standard InChI is InChI=1S/C15H14Br2/c16-11-13(10-12-6-2-1-3-7-12)14-8-4-5-9-15(14)17/h1-9,13H,10-11H2. The van der Waals surface area contributed by atoms with Gasteiger partial charge in [0.25, 0.3) is 0 Å². The number of hydrogen-bond donors (Lipinski definition) is 0. The molecule has 2 rings (SSSR count). The van der Waals surface area contributed by atoms with Gasteiger partial charge in [-0.2, -0.15) is 0 Å². The van der Waals surface area contributed by atoms with Crippen LogP contribution < -0.4 is 0 Å². The number of hydrogen-bond acceptors (Lipinski definition) is 0. The van der Waals surface area contributed by atoms with Crippen molar-refractivity contribution in [3.8, 4) is 0 Å². The third-order valence-corrected chi connectivity index (χ3v) is 4.36. The van der Waals surface area contributed by atoms with Crippen LogP contribution in [-0.2, 0) is 6.42 Å². The molecule has 0 N–H and O–H groups in total. The van der Waals surface area contributed by atoms with Crippen LogP contribution in [0.15, 0.2) is 59.1 Å². The summed E-state index contributed by atoms with van der Waals surface area (Å²) in [6, 6.07) is 19.1. The van der Waals surface area contributed by atoms with E-state index in [0.717, 1.165) is 11.8 Å². The van der Waals surface area contributed by atoms with Gasteiger partial charge in [-0.25, -0.2) is 0 Å². The summed E-state index contributed by atoms with van der Waals surface area (Å²) in [7, 11) is 0. The third kappa shape index (κ3) is 3.43. The van der Waals surface area contributed by atoms with Gasteiger partial charge in [0.05, 0.1) is 0 Å². The van der Waals surface area contributed by atoms with Crippen molar-refractivity contribution < 1.29 is 0 Å². The van der Waals surface area contributed by atoms with Crippen LogP contribution in [-0.4, -0.2) is 5.33 Å². The van der Waals surface area contributed by atoms with Gasteiger partial charge in [0.15, 0.2) is 0 Å². The summed E-state index contributed by atoms with van der Waals surface area (Å²) in [5, 5.41) is 0.977. The molecule has 0 aliphatic carbocycles. The van der Waals surface area contributed by atoms with Crippen molar-refractivity contribution in [1.29, 1.82) is 0 Å². The Morgan fingerprint density at radius 3 is 2.18 bits per heavy atom. The fourth-order valence-electron chi connectivity index (χ4n) is 1.95. The Morgan fingerprint density at radius 1 is 0.882 bits per heavy atom. The molecular weight excluding hydrogens is 340 g/mol. The highest BCUT2D eigenvalue weighted by Crippen LogP contribution is 2.29. The van der Waals surface area contributed by atoms with E-state index in [1.165, 1.54) is 15.6 Å². The number of benzene rings is 2. The van der Waals surface area contributed by atoms with Gasteiger partial charge in [-0.3, -0.25) is 0 Å². The Morgan fingerprint density at radius 2 is 1.53 bits per heavy atom. The highest BCUT2D eigenvalue weighted by atomic mass is 79.9. The predicted octanol–water partition coefficient (Wildman–Crippen LogP) is 5.17. The van der Waals surface area contributed by atoms with Crippen LogP contribution in [0.1, 0.15) is 17.0 Å². The van der Waals surface area contributed by atoms with Crippen LogP contribution in [0.2, 0.25) is 0 Å². The van der Waals surface area contributed by atoms with Crippen LogP contribution in [0.25, 0.3) is 0 Å². The molecule has 17 heavy (non-hydrogen) atoms. The first-order valence-corrected chi connectivity index (χ1v) is 7.57. The van der Waals surface area contributed by atoms with E-state index in [1.807, 2.05) is 0 Å². The van der Waals surface area contributed by atoms with E-state index in [2.05, 4.69) is 86.5 Å². The molecule has 0 heterocycles. The van der Waals surface area contributed by atoms with Gasteiger partial charge in [-0.1, -0.05) is 80.4 Å². The Bertz CT molecular complexity index is 465. The Labute approximate surface area is 119 Å². The van der Waals surface area contributed by atoms with Crippen molar-refractivity contribution >= 4 is 31.9 Å². The molecule has 0 nitrogen and oxygen atoms in total. The average molecular weight is 354 g/mol.